The molecule has 0 unspecified atom stereocenters. The van der Waals surface area contributed by atoms with E-state index in [0.717, 1.165) is 48.6 Å². The highest BCUT2D eigenvalue weighted by molar-refractivity contribution is 6.31. The lowest BCUT2D eigenvalue weighted by Crippen LogP contribution is -2.28. The Balaban J connectivity index is 1.27. The van der Waals surface area contributed by atoms with Crippen LogP contribution in [0.1, 0.15) is 37.1 Å². The van der Waals surface area contributed by atoms with Crippen molar-refractivity contribution >= 4 is 29.1 Å². The number of anilines is 1. The molecule has 0 radical (unpaired) electrons. The Labute approximate surface area is 197 Å². The molecule has 170 valence electrons. The van der Waals surface area contributed by atoms with Gasteiger partial charge in [-0.05, 0) is 36.6 Å². The molecule has 0 bridgehead atoms. The van der Waals surface area contributed by atoms with E-state index in [2.05, 4.69) is 20.1 Å². The van der Waals surface area contributed by atoms with Gasteiger partial charge in [0, 0.05) is 48.7 Å². The van der Waals surface area contributed by atoms with Crippen molar-refractivity contribution in [2.24, 2.45) is 5.92 Å². The summed E-state index contributed by atoms with van der Waals surface area (Å²) >= 11 is 6.24. The second kappa shape index (κ2) is 9.35. The second-order valence-corrected chi connectivity index (χ2v) is 9.15. The fourth-order valence-electron chi connectivity index (χ4n) is 4.61. The third-order valence-electron chi connectivity index (χ3n) is 6.40. The van der Waals surface area contributed by atoms with Gasteiger partial charge in [0.05, 0.1) is 5.92 Å². The van der Waals surface area contributed by atoms with E-state index in [1.54, 1.807) is 4.90 Å². The molecule has 0 saturated carbocycles. The van der Waals surface area contributed by atoms with Crippen LogP contribution < -0.4 is 5.32 Å². The minimum atomic E-state index is -0.395. The van der Waals surface area contributed by atoms with E-state index in [1.807, 2.05) is 48.5 Å². The van der Waals surface area contributed by atoms with Crippen LogP contribution in [0.3, 0.4) is 0 Å². The van der Waals surface area contributed by atoms with Crippen LogP contribution in [-0.4, -0.2) is 38.0 Å². The van der Waals surface area contributed by atoms with Crippen LogP contribution in [0.4, 0.5) is 5.69 Å². The van der Waals surface area contributed by atoms with Gasteiger partial charge < -0.3 is 14.8 Å². The van der Waals surface area contributed by atoms with Crippen LogP contribution in [-0.2, 0) is 29.1 Å². The zero-order valence-corrected chi connectivity index (χ0v) is 19.1. The molecule has 3 aromatic rings. The van der Waals surface area contributed by atoms with Crippen LogP contribution in [0.25, 0.3) is 11.4 Å². The minimum Gasteiger partial charge on any atom is -0.337 e. The number of aryl methyl sites for hydroxylation is 1. The predicted molar refractivity (Wildman–Crippen MR) is 127 cm³/mol. The van der Waals surface area contributed by atoms with Crippen molar-refractivity contribution in [2.45, 2.75) is 45.2 Å². The first kappa shape index (κ1) is 21.6. The molecule has 2 aromatic carbocycles. The number of nitrogens with one attached hydrogen (secondary N) is 1. The number of fused-ring (bicyclic) bond motifs is 1. The molecule has 8 heteroatoms. The number of likely N-dealkylation sites (tertiary alicyclic amines) is 1. The molecule has 5 rings (SSSR count). The highest BCUT2D eigenvalue weighted by Gasteiger charge is 2.34. The lowest BCUT2D eigenvalue weighted by Gasteiger charge is -2.17. The summed E-state index contributed by atoms with van der Waals surface area (Å²) in [6.07, 6.45) is 4.61. The molecule has 2 aliphatic rings. The monoisotopic (exact) mass is 463 g/mol. The minimum absolute atomic E-state index is 0.0324. The maximum absolute atomic E-state index is 13.0. The number of carbonyl (C=O) groups is 2. The summed E-state index contributed by atoms with van der Waals surface area (Å²) < 4.78 is 2.19. The Hall–Kier alpha value is -3.19. The van der Waals surface area contributed by atoms with Crippen LogP contribution in [0.2, 0.25) is 5.02 Å². The zero-order valence-electron chi connectivity index (χ0n) is 18.3. The van der Waals surface area contributed by atoms with Crippen LogP contribution in [0.15, 0.2) is 48.5 Å². The Kier molecular flexibility index (Phi) is 6.13. The predicted octanol–water partition coefficient (Wildman–Crippen LogP) is 4.31. The summed E-state index contributed by atoms with van der Waals surface area (Å²) in [6.45, 7) is 1.71. The molecule has 0 spiro atoms. The molecule has 1 fully saturated rings. The van der Waals surface area contributed by atoms with Gasteiger partial charge in [-0.25, -0.2) is 0 Å². The van der Waals surface area contributed by atoms with E-state index in [4.69, 9.17) is 11.6 Å². The van der Waals surface area contributed by atoms with Crippen molar-refractivity contribution in [3.63, 3.8) is 0 Å². The maximum Gasteiger partial charge on any atom is 0.229 e. The third kappa shape index (κ3) is 4.64. The van der Waals surface area contributed by atoms with E-state index in [0.29, 0.717) is 23.8 Å². The number of halogens is 1. The smallest absolute Gasteiger partial charge is 0.229 e. The van der Waals surface area contributed by atoms with Crippen molar-refractivity contribution in [1.82, 2.24) is 19.7 Å². The van der Waals surface area contributed by atoms with E-state index in [9.17, 15) is 9.59 Å². The molecule has 7 nitrogen and oxygen atoms in total. The molecule has 33 heavy (non-hydrogen) atoms. The molecule has 2 amide bonds. The Morgan fingerprint density at radius 2 is 1.97 bits per heavy atom. The fraction of sp³-hybridized carbons (Fsp3) is 0.360. The summed E-state index contributed by atoms with van der Waals surface area (Å²) in [5, 5.41) is 12.4. The molecule has 1 N–H and O–H groups in total. The third-order valence-corrected chi connectivity index (χ3v) is 6.77. The Bertz CT molecular complexity index is 1190. The fourth-order valence-corrected chi connectivity index (χ4v) is 4.81. The van der Waals surface area contributed by atoms with Crippen molar-refractivity contribution in [3.05, 3.63) is 64.9 Å². The van der Waals surface area contributed by atoms with E-state index < -0.39 is 5.92 Å². The Morgan fingerprint density at radius 1 is 1.09 bits per heavy atom. The number of hydrogen-bond donors (Lipinski definition) is 1. The van der Waals surface area contributed by atoms with Gasteiger partial charge in [0.15, 0.2) is 5.82 Å². The van der Waals surface area contributed by atoms with Crippen LogP contribution >= 0.6 is 11.6 Å². The zero-order chi connectivity index (χ0) is 22.8. The molecular weight excluding hydrogens is 438 g/mol. The van der Waals surface area contributed by atoms with Gasteiger partial charge in [0.2, 0.25) is 11.8 Å². The van der Waals surface area contributed by atoms with Gasteiger partial charge in [-0.15, -0.1) is 10.2 Å². The number of aromatic nitrogens is 3. The summed E-state index contributed by atoms with van der Waals surface area (Å²) in [7, 11) is 0. The number of rotatable bonds is 5. The molecular formula is C25H26ClN5O2. The summed E-state index contributed by atoms with van der Waals surface area (Å²) in [5.41, 5.74) is 2.51. The van der Waals surface area contributed by atoms with Gasteiger partial charge in [-0.1, -0.05) is 48.4 Å². The topological polar surface area (TPSA) is 80.1 Å². The van der Waals surface area contributed by atoms with Crippen molar-refractivity contribution in [2.75, 3.05) is 11.9 Å². The lowest BCUT2D eigenvalue weighted by molar-refractivity contribution is -0.128. The van der Waals surface area contributed by atoms with Crippen molar-refractivity contribution in [3.8, 4) is 11.4 Å². The number of amides is 2. The maximum atomic E-state index is 13.0. The van der Waals surface area contributed by atoms with Gasteiger partial charge in [0.1, 0.15) is 5.82 Å². The van der Waals surface area contributed by atoms with Gasteiger partial charge in [-0.2, -0.15) is 0 Å². The molecule has 0 aliphatic carbocycles. The molecule has 3 heterocycles. The van der Waals surface area contributed by atoms with Gasteiger partial charge in [0.25, 0.3) is 0 Å². The standard InChI is InChI=1S/C25H26ClN5O2/c26-21-10-4-3-7-18(21)15-30-16-19(14-23(30)32)25(33)27-20-9-6-8-17(13-20)24-29-28-22-11-2-1-5-12-31(22)24/h3-4,6-10,13,19H,1-2,5,11-12,14-16H2,(H,27,33)/t19-/m0/s1. The lowest BCUT2D eigenvalue weighted by atomic mass is 10.1. The molecule has 1 atom stereocenters. The van der Waals surface area contributed by atoms with E-state index in [1.165, 1.54) is 6.42 Å². The van der Waals surface area contributed by atoms with Crippen molar-refractivity contribution < 1.29 is 9.59 Å². The summed E-state index contributed by atoms with van der Waals surface area (Å²) in [5.74, 6) is 1.29. The van der Waals surface area contributed by atoms with E-state index >= 15 is 0 Å². The number of benzene rings is 2. The van der Waals surface area contributed by atoms with Gasteiger partial charge in [-0.3, -0.25) is 9.59 Å². The highest BCUT2D eigenvalue weighted by atomic mass is 35.5. The normalized spacial score (nSPS) is 18.2. The quantitative estimate of drug-likeness (QED) is 0.611. The van der Waals surface area contributed by atoms with E-state index in [-0.39, 0.29) is 18.2 Å². The highest BCUT2D eigenvalue weighted by Crippen LogP contribution is 2.27. The SMILES string of the molecule is O=C(Nc1cccc(-c2nnc3n2CCCCC3)c1)[C@H]1CC(=O)N(Cc2ccccc2Cl)C1. The van der Waals surface area contributed by atoms with Crippen LogP contribution in [0.5, 0.6) is 0 Å². The number of carbonyl (C=O) groups excluding carboxylic acids is 2. The average molecular weight is 464 g/mol. The summed E-state index contributed by atoms with van der Waals surface area (Å²) in [4.78, 5) is 27.2. The number of nitrogens with zero attached hydrogens (tertiary/aromatic N) is 4. The first-order chi connectivity index (χ1) is 16.1. The Morgan fingerprint density at radius 3 is 2.85 bits per heavy atom. The summed E-state index contributed by atoms with van der Waals surface area (Å²) in [6, 6.07) is 15.2. The molecule has 1 saturated heterocycles. The second-order valence-electron chi connectivity index (χ2n) is 8.74. The van der Waals surface area contributed by atoms with Crippen LogP contribution in [0, 0.1) is 5.92 Å². The van der Waals surface area contributed by atoms with Gasteiger partial charge >= 0.3 is 0 Å². The van der Waals surface area contributed by atoms with Crippen molar-refractivity contribution in [1.29, 1.82) is 0 Å². The first-order valence-corrected chi connectivity index (χ1v) is 11.8. The molecule has 1 aromatic heterocycles. The average Bonchev–Trinajstić information content (AvgIpc) is 3.30. The molecule has 2 aliphatic heterocycles. The largest absolute Gasteiger partial charge is 0.337 e. The first-order valence-electron chi connectivity index (χ1n) is 11.4. The number of hydrogen-bond acceptors (Lipinski definition) is 4.